The molecule has 0 aliphatic heterocycles. The summed E-state index contributed by atoms with van der Waals surface area (Å²) in [6.07, 6.45) is 5.57. The predicted octanol–water partition coefficient (Wildman–Crippen LogP) is 15.8. The monoisotopic (exact) mass is 807 g/mol. The highest BCUT2D eigenvalue weighted by atomic mass is 14.7. The number of rotatable bonds is 9. The van der Waals surface area contributed by atoms with Gasteiger partial charge in [0.15, 0.2) is 0 Å². The quantitative estimate of drug-likeness (QED) is 0.146. The molecule has 300 valence electrons. The molecule has 0 atom stereocenters. The molecule has 10 rings (SSSR count). The summed E-state index contributed by atoms with van der Waals surface area (Å²) in [5, 5.41) is 0. The van der Waals surface area contributed by atoms with Gasteiger partial charge in [0.05, 0.1) is 17.1 Å². The number of aromatic nitrogens is 3. The first kappa shape index (κ1) is 39.1. The van der Waals surface area contributed by atoms with Gasteiger partial charge in [-0.2, -0.15) is 0 Å². The third-order valence-electron chi connectivity index (χ3n) is 11.9. The summed E-state index contributed by atoms with van der Waals surface area (Å²) in [5.74, 6) is 0. The van der Waals surface area contributed by atoms with Crippen LogP contribution >= 0.6 is 0 Å². The van der Waals surface area contributed by atoms with Crippen LogP contribution in [0, 0.1) is 20.8 Å². The topological polar surface area (TPSA) is 38.7 Å². The fourth-order valence-corrected chi connectivity index (χ4v) is 8.67. The SMILES string of the molecule is Cc1ccc(-c2c(-c3ccc(-c4ccccn4)cc3)c(-c3ccc(C)cc3)c(-c3ccc(-c4ccccn4)cc3)c(-c3ccc(C)cc3)c2-c2ccc(-c3ccccn3)cc2)cc1. The number of hydrogen-bond acceptors (Lipinski definition) is 3. The van der Waals surface area contributed by atoms with Crippen molar-refractivity contribution in [3.05, 3.63) is 235 Å². The molecule has 0 N–H and O–H groups in total. The highest BCUT2D eigenvalue weighted by Gasteiger charge is 2.29. The zero-order valence-electron chi connectivity index (χ0n) is 35.6. The van der Waals surface area contributed by atoms with E-state index in [4.69, 9.17) is 15.0 Å². The first-order valence-electron chi connectivity index (χ1n) is 21.5. The fraction of sp³-hybridized carbons (Fsp3) is 0.0500. The van der Waals surface area contributed by atoms with Crippen molar-refractivity contribution >= 4 is 0 Å². The van der Waals surface area contributed by atoms with Gasteiger partial charge in [0.1, 0.15) is 0 Å². The second kappa shape index (κ2) is 17.2. The Hall–Kier alpha value is -8.01. The molecule has 0 spiro atoms. The molecule has 0 saturated heterocycles. The van der Waals surface area contributed by atoms with Crippen molar-refractivity contribution in [2.45, 2.75) is 20.8 Å². The molecule has 3 nitrogen and oxygen atoms in total. The fourth-order valence-electron chi connectivity index (χ4n) is 8.67. The van der Waals surface area contributed by atoms with E-state index in [1.165, 1.54) is 50.1 Å². The van der Waals surface area contributed by atoms with Gasteiger partial charge in [-0.15, -0.1) is 0 Å². The maximum absolute atomic E-state index is 4.71. The minimum absolute atomic E-state index is 0.943. The predicted molar refractivity (Wildman–Crippen MR) is 263 cm³/mol. The van der Waals surface area contributed by atoms with Crippen molar-refractivity contribution in [3.8, 4) is 101 Å². The normalized spacial score (nSPS) is 11.1. The molecule has 0 saturated carbocycles. The van der Waals surface area contributed by atoms with Gasteiger partial charge >= 0.3 is 0 Å². The van der Waals surface area contributed by atoms with Crippen LogP contribution in [0.5, 0.6) is 0 Å². The Kier molecular flexibility index (Phi) is 10.7. The average molecular weight is 808 g/mol. The first-order chi connectivity index (χ1) is 31.0. The summed E-state index contributed by atoms with van der Waals surface area (Å²) in [5.41, 5.74) is 23.5. The van der Waals surface area contributed by atoms with E-state index in [9.17, 15) is 0 Å². The standard InChI is InChI=1S/C60H45N3/c1-40-13-19-46(20-14-40)55-58(49-31-25-43(26-32-49)52-10-4-7-37-61-52)56(47-21-15-41(2)16-22-47)60(51-35-29-45(30-36-51)54-12-6-9-39-63-54)57(48-23-17-42(3)18-24-48)59(55)50-33-27-44(28-34-50)53-11-5-8-38-62-53/h4-39H,1-3H3. The maximum Gasteiger partial charge on any atom is 0.0701 e. The number of hydrogen-bond donors (Lipinski definition) is 0. The van der Waals surface area contributed by atoms with E-state index < -0.39 is 0 Å². The molecule has 3 heterocycles. The van der Waals surface area contributed by atoms with Crippen LogP contribution in [0.3, 0.4) is 0 Å². The molecule has 0 bridgehead atoms. The zero-order chi connectivity index (χ0) is 42.7. The summed E-state index contributed by atoms with van der Waals surface area (Å²) in [6.45, 7) is 6.47. The smallest absolute Gasteiger partial charge is 0.0701 e. The highest BCUT2D eigenvalue weighted by molar-refractivity contribution is 6.15. The van der Waals surface area contributed by atoms with E-state index in [0.717, 1.165) is 67.2 Å². The average Bonchev–Trinajstić information content (AvgIpc) is 3.35. The van der Waals surface area contributed by atoms with Crippen molar-refractivity contribution in [2.75, 3.05) is 0 Å². The molecular weight excluding hydrogens is 763 g/mol. The van der Waals surface area contributed by atoms with Crippen LogP contribution in [0.1, 0.15) is 16.7 Å². The van der Waals surface area contributed by atoms with Crippen molar-refractivity contribution < 1.29 is 0 Å². The Morgan fingerprint density at radius 1 is 0.206 bits per heavy atom. The minimum Gasteiger partial charge on any atom is -0.256 e. The Bertz CT molecular complexity index is 2770. The molecule has 0 radical (unpaired) electrons. The lowest BCUT2D eigenvalue weighted by molar-refractivity contribution is 1.33. The Balaban J connectivity index is 1.38. The van der Waals surface area contributed by atoms with E-state index in [-0.39, 0.29) is 0 Å². The van der Waals surface area contributed by atoms with Gasteiger partial charge in [0, 0.05) is 35.3 Å². The van der Waals surface area contributed by atoms with Gasteiger partial charge in [-0.1, -0.05) is 180 Å². The lowest BCUT2D eigenvalue weighted by atomic mass is 9.74. The van der Waals surface area contributed by atoms with Gasteiger partial charge in [-0.3, -0.25) is 15.0 Å². The van der Waals surface area contributed by atoms with Crippen LogP contribution in [0.2, 0.25) is 0 Å². The summed E-state index contributed by atoms with van der Waals surface area (Å²) in [6, 6.07) is 72.4. The highest BCUT2D eigenvalue weighted by Crippen LogP contribution is 2.56. The van der Waals surface area contributed by atoms with Gasteiger partial charge in [0.2, 0.25) is 0 Å². The van der Waals surface area contributed by atoms with E-state index in [2.05, 4.69) is 185 Å². The second-order valence-corrected chi connectivity index (χ2v) is 16.2. The Morgan fingerprint density at radius 2 is 0.397 bits per heavy atom. The molecule has 0 aliphatic rings. The molecule has 0 fully saturated rings. The third kappa shape index (κ3) is 7.89. The van der Waals surface area contributed by atoms with E-state index in [0.29, 0.717) is 0 Å². The van der Waals surface area contributed by atoms with Crippen molar-refractivity contribution in [3.63, 3.8) is 0 Å². The molecule has 10 aromatic rings. The van der Waals surface area contributed by atoms with Crippen LogP contribution in [-0.2, 0) is 0 Å². The van der Waals surface area contributed by atoms with Crippen molar-refractivity contribution in [1.29, 1.82) is 0 Å². The van der Waals surface area contributed by atoms with Crippen LogP contribution < -0.4 is 0 Å². The molecule has 0 aliphatic carbocycles. The molecule has 3 aromatic heterocycles. The van der Waals surface area contributed by atoms with E-state index >= 15 is 0 Å². The van der Waals surface area contributed by atoms with E-state index in [1.54, 1.807) is 0 Å². The zero-order valence-corrected chi connectivity index (χ0v) is 35.6. The summed E-state index contributed by atoms with van der Waals surface area (Å²) in [4.78, 5) is 14.1. The molecule has 0 unspecified atom stereocenters. The molecule has 63 heavy (non-hydrogen) atoms. The number of nitrogens with zero attached hydrogens (tertiary/aromatic N) is 3. The molecule has 7 aromatic carbocycles. The lowest BCUT2D eigenvalue weighted by Gasteiger charge is -2.29. The van der Waals surface area contributed by atoms with Crippen LogP contribution in [-0.4, -0.2) is 15.0 Å². The minimum atomic E-state index is 0.943. The third-order valence-corrected chi connectivity index (χ3v) is 11.9. The molecule has 3 heteroatoms. The second-order valence-electron chi connectivity index (χ2n) is 16.2. The number of pyridine rings is 3. The first-order valence-corrected chi connectivity index (χ1v) is 21.5. The van der Waals surface area contributed by atoms with E-state index in [1.807, 2.05) is 55.0 Å². The summed E-state index contributed by atoms with van der Waals surface area (Å²) < 4.78 is 0. The van der Waals surface area contributed by atoms with Crippen LogP contribution in [0.4, 0.5) is 0 Å². The Morgan fingerprint density at radius 3 is 0.587 bits per heavy atom. The van der Waals surface area contributed by atoms with Crippen molar-refractivity contribution in [1.82, 2.24) is 15.0 Å². The van der Waals surface area contributed by atoms with Crippen LogP contribution in [0.15, 0.2) is 219 Å². The van der Waals surface area contributed by atoms with Gasteiger partial charge in [0.25, 0.3) is 0 Å². The summed E-state index contributed by atoms with van der Waals surface area (Å²) in [7, 11) is 0. The largest absolute Gasteiger partial charge is 0.256 e. The Labute approximate surface area is 370 Å². The summed E-state index contributed by atoms with van der Waals surface area (Å²) >= 11 is 0. The van der Waals surface area contributed by atoms with Crippen molar-refractivity contribution in [2.24, 2.45) is 0 Å². The maximum atomic E-state index is 4.71. The molecular formula is C60H45N3. The van der Waals surface area contributed by atoms with Gasteiger partial charge < -0.3 is 0 Å². The molecule has 0 amide bonds. The number of aryl methyl sites for hydroxylation is 3. The lowest BCUT2D eigenvalue weighted by Crippen LogP contribution is -2.02. The van der Waals surface area contributed by atoms with Gasteiger partial charge in [-0.05, 0) is 124 Å². The number of benzene rings is 7. The van der Waals surface area contributed by atoms with Crippen LogP contribution in [0.25, 0.3) is 101 Å². The van der Waals surface area contributed by atoms with Gasteiger partial charge in [-0.25, -0.2) is 0 Å².